The first-order valence-corrected chi connectivity index (χ1v) is 6.46. The van der Waals surface area contributed by atoms with Crippen molar-refractivity contribution in [3.8, 4) is 0 Å². The molecule has 0 fully saturated rings. The number of esters is 1. The quantitative estimate of drug-likeness (QED) is 0.789. The Morgan fingerprint density at radius 3 is 2.59 bits per heavy atom. The van der Waals surface area contributed by atoms with Crippen molar-refractivity contribution < 1.29 is 22.7 Å². The summed E-state index contributed by atoms with van der Waals surface area (Å²) in [5, 5.41) is -0.224. The van der Waals surface area contributed by atoms with E-state index in [9.17, 15) is 18.0 Å². The molecule has 0 saturated carbocycles. The van der Waals surface area contributed by atoms with Crippen LogP contribution in [0, 0.1) is 0 Å². The Bertz CT molecular complexity index is 850. The highest BCUT2D eigenvalue weighted by atomic mass is 35.5. The number of halogens is 4. The summed E-state index contributed by atoms with van der Waals surface area (Å²) in [7, 11) is 1.10. The Morgan fingerprint density at radius 2 is 2.09 bits per heavy atom. The van der Waals surface area contributed by atoms with Gasteiger partial charge in [-0.2, -0.15) is 13.2 Å². The minimum atomic E-state index is -4.63. The van der Waals surface area contributed by atoms with E-state index in [-0.39, 0.29) is 10.8 Å². The normalized spacial score (nSPS) is 14.0. The van der Waals surface area contributed by atoms with Crippen LogP contribution in [0.3, 0.4) is 0 Å². The van der Waals surface area contributed by atoms with Crippen molar-refractivity contribution in [3.63, 3.8) is 0 Å². The molecule has 1 aliphatic rings. The van der Waals surface area contributed by atoms with Gasteiger partial charge < -0.3 is 4.74 Å². The third-order valence-electron chi connectivity index (χ3n) is 3.23. The highest BCUT2D eigenvalue weighted by Gasteiger charge is 2.36. The van der Waals surface area contributed by atoms with Crippen molar-refractivity contribution in [1.82, 2.24) is 9.38 Å². The fourth-order valence-electron chi connectivity index (χ4n) is 2.10. The molecule has 0 atom stereocenters. The second-order valence-corrected chi connectivity index (χ2v) is 4.92. The molecule has 0 radical (unpaired) electrons. The fourth-order valence-corrected chi connectivity index (χ4v) is 2.34. The van der Waals surface area contributed by atoms with Gasteiger partial charge in [-0.05, 0) is 17.2 Å². The Morgan fingerprint density at radius 1 is 1.41 bits per heavy atom. The molecule has 0 unspecified atom stereocenters. The number of methoxy groups -OCH3 is 1. The van der Waals surface area contributed by atoms with Gasteiger partial charge in [0.05, 0.1) is 12.7 Å². The molecular formula is C14H8ClF3N2O2. The molecule has 0 bridgehead atoms. The minimum Gasteiger partial charge on any atom is -0.464 e. The minimum absolute atomic E-state index is 0.224. The van der Waals surface area contributed by atoms with Crippen LogP contribution in [-0.2, 0) is 10.9 Å². The van der Waals surface area contributed by atoms with Gasteiger partial charge in [-0.3, -0.25) is 4.40 Å². The Kier molecular flexibility index (Phi) is 3.25. The van der Waals surface area contributed by atoms with Crippen molar-refractivity contribution in [2.24, 2.45) is 0 Å². The van der Waals surface area contributed by atoms with E-state index in [1.165, 1.54) is 6.20 Å². The topological polar surface area (TPSA) is 43.6 Å². The maximum atomic E-state index is 13.3. The van der Waals surface area contributed by atoms with Crippen LogP contribution in [0.15, 0.2) is 30.5 Å². The van der Waals surface area contributed by atoms with Gasteiger partial charge in [0.1, 0.15) is 5.15 Å². The maximum Gasteiger partial charge on any atom is 0.420 e. The summed E-state index contributed by atoms with van der Waals surface area (Å²) in [4.78, 5) is 15.3. The van der Waals surface area contributed by atoms with Crippen LogP contribution < -0.4 is 0 Å². The lowest BCUT2D eigenvalue weighted by Gasteiger charge is -2.13. The Labute approximate surface area is 127 Å². The van der Waals surface area contributed by atoms with Gasteiger partial charge in [0.15, 0.2) is 11.3 Å². The smallest absolute Gasteiger partial charge is 0.420 e. The van der Waals surface area contributed by atoms with Crippen molar-refractivity contribution >= 4 is 28.8 Å². The predicted molar refractivity (Wildman–Crippen MR) is 73.7 cm³/mol. The zero-order chi connectivity index (χ0) is 16.1. The van der Waals surface area contributed by atoms with Gasteiger partial charge in [-0.1, -0.05) is 29.8 Å². The van der Waals surface area contributed by atoms with E-state index in [1.54, 1.807) is 18.2 Å². The molecular weight excluding hydrogens is 321 g/mol. The number of hydrogen-bond donors (Lipinski definition) is 0. The number of fused-ring (bicyclic) bond motifs is 1. The fraction of sp³-hybridized carbons (Fsp3) is 0.143. The Hall–Kier alpha value is -2.28. The number of nitrogens with zero attached hydrogens (tertiary/aromatic N) is 2. The summed E-state index contributed by atoms with van der Waals surface area (Å²) >= 11 is 5.99. The first-order valence-electron chi connectivity index (χ1n) is 6.09. The molecule has 0 aromatic carbocycles. The van der Waals surface area contributed by atoms with Crippen molar-refractivity contribution in [3.05, 3.63) is 52.5 Å². The molecule has 4 nitrogen and oxygen atoms in total. The molecule has 0 N–H and O–H groups in total. The molecule has 2 aromatic rings. The molecule has 2 aromatic heterocycles. The number of imidazole rings is 1. The molecule has 1 aliphatic carbocycles. The molecule has 8 heteroatoms. The largest absolute Gasteiger partial charge is 0.464 e. The van der Waals surface area contributed by atoms with E-state index in [0.29, 0.717) is 11.1 Å². The highest BCUT2D eigenvalue weighted by molar-refractivity contribution is 6.32. The molecule has 0 spiro atoms. The van der Waals surface area contributed by atoms with Crippen LogP contribution in [0.4, 0.5) is 13.2 Å². The second-order valence-electron chi connectivity index (χ2n) is 4.56. The molecule has 3 rings (SSSR count). The molecule has 0 saturated heterocycles. The lowest BCUT2D eigenvalue weighted by Crippen LogP contribution is -2.09. The monoisotopic (exact) mass is 328 g/mol. The lowest BCUT2D eigenvalue weighted by atomic mass is 9.99. The SMILES string of the molecule is COC(=O)c1nc2c(C(F)(F)F)cc(C3=CC=C3)cn2c1Cl. The van der Waals surface area contributed by atoms with Gasteiger partial charge in [0.2, 0.25) is 0 Å². The standard InChI is InChI=1S/C14H8ClF3N2O2/c1-22-13(21)10-11(15)20-6-8(7-3-2-4-7)5-9(12(20)19-10)14(16,17)18/h2-6H,1H3. The average molecular weight is 329 g/mol. The van der Waals surface area contributed by atoms with E-state index in [0.717, 1.165) is 17.6 Å². The summed E-state index contributed by atoms with van der Waals surface area (Å²) in [6.07, 6.45) is 1.83. The molecule has 22 heavy (non-hydrogen) atoms. The van der Waals surface area contributed by atoms with Gasteiger partial charge >= 0.3 is 12.1 Å². The van der Waals surface area contributed by atoms with Crippen molar-refractivity contribution in [2.75, 3.05) is 7.11 Å². The van der Waals surface area contributed by atoms with E-state index in [2.05, 4.69) is 9.72 Å². The Balaban J connectivity index is 2.32. The van der Waals surface area contributed by atoms with Crippen LogP contribution in [0.1, 0.15) is 21.6 Å². The van der Waals surface area contributed by atoms with Crippen LogP contribution in [0.5, 0.6) is 0 Å². The summed E-state index contributed by atoms with van der Waals surface area (Å²) in [5.41, 5.74) is -0.798. The number of carbonyl (C=O) groups is 1. The molecule has 0 aliphatic heterocycles. The van der Waals surface area contributed by atoms with Gasteiger partial charge in [-0.15, -0.1) is 0 Å². The van der Waals surface area contributed by atoms with Crippen LogP contribution in [0.25, 0.3) is 11.2 Å². The second kappa shape index (κ2) is 4.88. The van der Waals surface area contributed by atoms with Gasteiger partial charge in [0, 0.05) is 6.20 Å². The molecule has 0 amide bonds. The van der Waals surface area contributed by atoms with Crippen molar-refractivity contribution in [1.29, 1.82) is 0 Å². The highest BCUT2D eigenvalue weighted by Crippen LogP contribution is 2.36. The first kappa shape index (κ1) is 14.6. The van der Waals surface area contributed by atoms with Gasteiger partial charge in [0.25, 0.3) is 0 Å². The van der Waals surface area contributed by atoms with Crippen LogP contribution >= 0.6 is 11.6 Å². The maximum absolute atomic E-state index is 13.3. The average Bonchev–Trinajstić information content (AvgIpc) is 2.72. The third-order valence-corrected chi connectivity index (χ3v) is 3.59. The molecule has 2 heterocycles. The number of pyridine rings is 1. The van der Waals surface area contributed by atoms with Gasteiger partial charge in [-0.25, -0.2) is 9.78 Å². The zero-order valence-electron chi connectivity index (χ0n) is 11.1. The third kappa shape index (κ3) is 2.18. The lowest BCUT2D eigenvalue weighted by molar-refractivity contribution is -0.136. The summed E-state index contributed by atoms with van der Waals surface area (Å²) < 4.78 is 45.3. The number of rotatable bonds is 2. The van der Waals surface area contributed by atoms with Crippen LogP contribution in [-0.4, -0.2) is 22.5 Å². The first-order chi connectivity index (χ1) is 10.3. The summed E-state index contributed by atoms with van der Waals surface area (Å²) in [6, 6.07) is 0.981. The zero-order valence-corrected chi connectivity index (χ0v) is 11.9. The summed E-state index contributed by atoms with van der Waals surface area (Å²) in [6.45, 7) is 0. The van der Waals surface area contributed by atoms with E-state index in [1.807, 2.05) is 0 Å². The van der Waals surface area contributed by atoms with Crippen molar-refractivity contribution in [2.45, 2.75) is 6.18 Å². The van der Waals surface area contributed by atoms with Crippen LogP contribution in [0.2, 0.25) is 5.15 Å². The number of carbonyl (C=O) groups excluding carboxylic acids is 1. The number of allylic oxidation sites excluding steroid dienone is 4. The van der Waals surface area contributed by atoms with E-state index in [4.69, 9.17) is 11.6 Å². The molecule has 114 valence electrons. The summed E-state index contributed by atoms with van der Waals surface area (Å²) in [5.74, 6) is -0.897. The number of aromatic nitrogens is 2. The van der Waals surface area contributed by atoms with E-state index >= 15 is 0 Å². The predicted octanol–water partition coefficient (Wildman–Crippen LogP) is 3.75. The number of ether oxygens (including phenoxy) is 1. The van der Waals surface area contributed by atoms with E-state index < -0.39 is 23.4 Å². The number of alkyl halides is 3. The number of hydrogen-bond acceptors (Lipinski definition) is 3.